The highest BCUT2D eigenvalue weighted by atomic mass is 16.5. The van der Waals surface area contributed by atoms with E-state index in [0.29, 0.717) is 11.3 Å². The summed E-state index contributed by atoms with van der Waals surface area (Å²) in [5.41, 5.74) is 2.61. The van der Waals surface area contributed by atoms with E-state index in [1.165, 1.54) is 0 Å². The zero-order valence-electron chi connectivity index (χ0n) is 9.01. The van der Waals surface area contributed by atoms with Gasteiger partial charge in [-0.25, -0.2) is 0 Å². The van der Waals surface area contributed by atoms with Crippen LogP contribution in [0, 0.1) is 0 Å². The minimum Gasteiger partial charge on any atom is -0.497 e. The number of carbonyl (C=O) groups is 1. The molecule has 0 saturated carbocycles. The van der Waals surface area contributed by atoms with Crippen LogP contribution in [-0.2, 0) is 0 Å². The highest BCUT2D eigenvalue weighted by Gasteiger charge is 2.05. The van der Waals surface area contributed by atoms with Crippen LogP contribution in [0.3, 0.4) is 0 Å². The van der Waals surface area contributed by atoms with Crippen molar-refractivity contribution in [2.45, 2.75) is 0 Å². The lowest BCUT2D eigenvalue weighted by Crippen LogP contribution is -1.90. The quantitative estimate of drug-likeness (QED) is 0.730. The molecule has 2 aromatic rings. The number of hydrogen-bond acceptors (Lipinski definition) is 2. The molecule has 0 radical (unpaired) electrons. The number of hydrogen-bond donors (Lipinski definition) is 0. The van der Waals surface area contributed by atoms with Crippen molar-refractivity contribution in [1.82, 2.24) is 0 Å². The van der Waals surface area contributed by atoms with Crippen LogP contribution in [0.4, 0.5) is 0 Å². The van der Waals surface area contributed by atoms with Gasteiger partial charge in [0.1, 0.15) is 5.75 Å². The lowest BCUT2D eigenvalue weighted by atomic mass is 10.0. The zero-order valence-corrected chi connectivity index (χ0v) is 9.01. The van der Waals surface area contributed by atoms with E-state index in [2.05, 4.69) is 0 Å². The molecule has 0 aliphatic carbocycles. The Morgan fingerprint density at radius 1 is 1.06 bits per heavy atom. The molecule has 0 atom stereocenters. The number of ether oxygens (including phenoxy) is 1. The molecule has 2 nitrogen and oxygen atoms in total. The second-order valence-corrected chi connectivity index (χ2v) is 3.44. The monoisotopic (exact) mass is 212 g/mol. The summed E-state index contributed by atoms with van der Waals surface area (Å²) >= 11 is 0. The van der Waals surface area contributed by atoms with Gasteiger partial charge in [0.15, 0.2) is 6.29 Å². The topological polar surface area (TPSA) is 26.3 Å². The van der Waals surface area contributed by atoms with Gasteiger partial charge in [0.2, 0.25) is 0 Å². The molecule has 0 bridgehead atoms. The van der Waals surface area contributed by atoms with Crippen molar-refractivity contribution in [2.24, 2.45) is 0 Å². The maximum Gasteiger partial charge on any atom is 0.150 e. The maximum absolute atomic E-state index is 11.0. The predicted molar refractivity (Wildman–Crippen MR) is 63.8 cm³/mol. The molecule has 0 fully saturated rings. The van der Waals surface area contributed by atoms with Crippen LogP contribution in [0.25, 0.3) is 11.1 Å². The number of rotatable bonds is 3. The average Bonchev–Trinajstić information content (AvgIpc) is 2.39. The minimum atomic E-state index is 0.644. The van der Waals surface area contributed by atoms with Crippen LogP contribution in [0.15, 0.2) is 48.5 Å². The van der Waals surface area contributed by atoms with Crippen molar-refractivity contribution in [2.75, 3.05) is 7.11 Å². The zero-order chi connectivity index (χ0) is 11.4. The van der Waals surface area contributed by atoms with Crippen LogP contribution < -0.4 is 4.74 Å². The third-order valence-electron chi connectivity index (χ3n) is 2.47. The Bertz CT molecular complexity index is 489. The van der Waals surface area contributed by atoms with E-state index in [1.807, 2.05) is 42.5 Å². The normalized spacial score (nSPS) is 9.81. The molecule has 0 unspecified atom stereocenters. The summed E-state index contributed by atoms with van der Waals surface area (Å²) in [5, 5.41) is 0. The van der Waals surface area contributed by atoms with Gasteiger partial charge in [0.25, 0.3) is 0 Å². The van der Waals surface area contributed by atoms with Crippen molar-refractivity contribution in [1.29, 1.82) is 0 Å². The van der Waals surface area contributed by atoms with E-state index >= 15 is 0 Å². The summed E-state index contributed by atoms with van der Waals surface area (Å²) in [7, 11) is 1.59. The van der Waals surface area contributed by atoms with Crippen LogP contribution >= 0.6 is 0 Å². The first-order valence-corrected chi connectivity index (χ1v) is 5.04. The third-order valence-corrected chi connectivity index (χ3v) is 2.47. The molecule has 0 amide bonds. The summed E-state index contributed by atoms with van der Waals surface area (Å²) in [5.74, 6) is 0.696. The third kappa shape index (κ3) is 1.96. The van der Waals surface area contributed by atoms with E-state index < -0.39 is 0 Å². The van der Waals surface area contributed by atoms with E-state index in [4.69, 9.17) is 4.74 Å². The van der Waals surface area contributed by atoms with Gasteiger partial charge in [-0.2, -0.15) is 0 Å². The average molecular weight is 212 g/mol. The van der Waals surface area contributed by atoms with E-state index in [9.17, 15) is 4.79 Å². The summed E-state index contributed by atoms with van der Waals surface area (Å²) in [6.45, 7) is 0. The van der Waals surface area contributed by atoms with Gasteiger partial charge in [-0.15, -0.1) is 0 Å². The Labute approximate surface area is 94.5 Å². The van der Waals surface area contributed by atoms with Crippen molar-refractivity contribution < 1.29 is 9.53 Å². The van der Waals surface area contributed by atoms with Gasteiger partial charge < -0.3 is 4.74 Å². The SMILES string of the molecule is COc1ccc(-c2ccccc2)c(C=O)c1. The lowest BCUT2D eigenvalue weighted by molar-refractivity contribution is 0.112. The van der Waals surface area contributed by atoms with Crippen LogP contribution in [-0.4, -0.2) is 13.4 Å². The van der Waals surface area contributed by atoms with E-state index in [1.54, 1.807) is 13.2 Å². The highest BCUT2D eigenvalue weighted by Crippen LogP contribution is 2.25. The molecule has 2 rings (SSSR count). The predicted octanol–water partition coefficient (Wildman–Crippen LogP) is 3.17. The molecule has 0 spiro atoms. The van der Waals surface area contributed by atoms with E-state index in [0.717, 1.165) is 17.4 Å². The van der Waals surface area contributed by atoms with Gasteiger partial charge >= 0.3 is 0 Å². The van der Waals surface area contributed by atoms with Crippen LogP contribution in [0.1, 0.15) is 10.4 Å². The van der Waals surface area contributed by atoms with E-state index in [-0.39, 0.29) is 0 Å². The Morgan fingerprint density at radius 2 is 1.81 bits per heavy atom. The van der Waals surface area contributed by atoms with Gasteiger partial charge in [-0.1, -0.05) is 30.3 Å². The lowest BCUT2D eigenvalue weighted by Gasteiger charge is -2.07. The summed E-state index contributed by atoms with van der Waals surface area (Å²) in [6, 6.07) is 15.3. The second kappa shape index (κ2) is 4.62. The summed E-state index contributed by atoms with van der Waals surface area (Å²) in [4.78, 5) is 11.0. The van der Waals surface area contributed by atoms with Gasteiger partial charge in [-0.05, 0) is 29.3 Å². The molecule has 0 N–H and O–H groups in total. The van der Waals surface area contributed by atoms with Crippen LogP contribution in [0.5, 0.6) is 5.75 Å². The molecular weight excluding hydrogens is 200 g/mol. The van der Waals surface area contributed by atoms with Crippen molar-refractivity contribution in [3.8, 4) is 16.9 Å². The van der Waals surface area contributed by atoms with Crippen molar-refractivity contribution in [3.63, 3.8) is 0 Å². The van der Waals surface area contributed by atoms with Gasteiger partial charge in [0.05, 0.1) is 7.11 Å². The fourth-order valence-corrected chi connectivity index (χ4v) is 1.65. The standard InChI is InChI=1S/C14H12O2/c1-16-13-7-8-14(12(9-13)10-15)11-5-3-2-4-6-11/h2-10H,1H3. The number of benzene rings is 2. The summed E-state index contributed by atoms with van der Waals surface area (Å²) < 4.78 is 5.09. The minimum absolute atomic E-state index is 0.644. The Morgan fingerprint density at radius 3 is 2.44 bits per heavy atom. The molecular formula is C14H12O2. The number of methoxy groups -OCH3 is 1. The molecule has 0 aliphatic heterocycles. The molecule has 0 aliphatic rings. The fourth-order valence-electron chi connectivity index (χ4n) is 1.65. The molecule has 2 aromatic carbocycles. The van der Waals surface area contributed by atoms with Crippen molar-refractivity contribution >= 4 is 6.29 Å². The number of aldehydes is 1. The van der Waals surface area contributed by atoms with Gasteiger partial charge in [0, 0.05) is 5.56 Å². The highest BCUT2D eigenvalue weighted by molar-refractivity contribution is 5.88. The first-order chi connectivity index (χ1) is 7.85. The largest absolute Gasteiger partial charge is 0.497 e. The smallest absolute Gasteiger partial charge is 0.150 e. The molecule has 0 aromatic heterocycles. The van der Waals surface area contributed by atoms with Gasteiger partial charge in [-0.3, -0.25) is 4.79 Å². The Balaban J connectivity index is 2.53. The first kappa shape index (κ1) is 10.4. The fraction of sp³-hybridized carbons (Fsp3) is 0.0714. The second-order valence-electron chi connectivity index (χ2n) is 3.44. The Kier molecular flexibility index (Phi) is 3.01. The molecule has 2 heteroatoms. The van der Waals surface area contributed by atoms with Crippen LogP contribution in [0.2, 0.25) is 0 Å². The molecule has 0 heterocycles. The summed E-state index contributed by atoms with van der Waals surface area (Å²) in [6.07, 6.45) is 0.852. The first-order valence-electron chi connectivity index (χ1n) is 5.04. The maximum atomic E-state index is 11.0. The molecule has 80 valence electrons. The molecule has 16 heavy (non-hydrogen) atoms. The molecule has 0 saturated heterocycles. The Hall–Kier alpha value is -2.09. The number of carbonyl (C=O) groups excluding carboxylic acids is 1. The van der Waals surface area contributed by atoms with Crippen molar-refractivity contribution in [3.05, 3.63) is 54.1 Å².